The van der Waals surface area contributed by atoms with E-state index < -0.39 is 16.0 Å². The molecule has 0 fully saturated rings. The molecule has 0 aliphatic heterocycles. The molecule has 8 heteroatoms. The van der Waals surface area contributed by atoms with Gasteiger partial charge in [0, 0.05) is 4.47 Å². The fraction of sp³-hybridized carbons (Fsp3) is 0. The molecule has 0 saturated heterocycles. The summed E-state index contributed by atoms with van der Waals surface area (Å²) in [6.45, 7) is 0. The molecule has 100 valence electrons. The number of anilines is 1. The van der Waals surface area contributed by atoms with Crippen LogP contribution in [0.25, 0.3) is 0 Å². The van der Waals surface area contributed by atoms with E-state index in [-0.39, 0.29) is 14.8 Å². The number of hydrogen-bond donors (Lipinski definition) is 2. The number of carboxylic acid groups (broad SMARTS) is 1. The van der Waals surface area contributed by atoms with Gasteiger partial charge in [-0.05, 0) is 30.3 Å². The molecule has 2 rings (SSSR count). The first kappa shape index (κ1) is 14.0. The first-order valence-corrected chi connectivity index (χ1v) is 8.09. The molecule has 0 amide bonds. The average Bonchev–Trinajstić information content (AvgIpc) is 2.77. The highest BCUT2D eigenvalue weighted by molar-refractivity contribution is 9.10. The first-order valence-electron chi connectivity index (χ1n) is 5.00. The van der Waals surface area contributed by atoms with E-state index in [1.54, 1.807) is 12.1 Å². The number of hydrogen-bond acceptors (Lipinski definition) is 4. The third-order valence-corrected chi connectivity index (χ3v) is 5.13. The van der Waals surface area contributed by atoms with E-state index in [4.69, 9.17) is 5.11 Å². The van der Waals surface area contributed by atoms with E-state index in [0.29, 0.717) is 4.47 Å². The minimum Gasteiger partial charge on any atom is -0.477 e. The van der Waals surface area contributed by atoms with Crippen molar-refractivity contribution in [3.05, 3.63) is 45.7 Å². The smallest absolute Gasteiger partial charge is 0.345 e. The molecule has 0 atom stereocenters. The van der Waals surface area contributed by atoms with E-state index >= 15 is 0 Å². The number of sulfonamides is 1. The molecule has 0 saturated carbocycles. The number of carboxylic acids is 1. The maximum absolute atomic E-state index is 12.1. The van der Waals surface area contributed by atoms with Gasteiger partial charge in [-0.25, -0.2) is 13.2 Å². The summed E-state index contributed by atoms with van der Waals surface area (Å²) < 4.78 is 27.1. The lowest BCUT2D eigenvalue weighted by Crippen LogP contribution is -2.11. The lowest BCUT2D eigenvalue weighted by atomic mass is 10.4. The molecule has 0 aliphatic rings. The van der Waals surface area contributed by atoms with Crippen LogP contribution in [0.4, 0.5) is 5.00 Å². The Balaban J connectivity index is 2.28. The van der Waals surface area contributed by atoms with Crippen molar-refractivity contribution in [2.45, 2.75) is 4.90 Å². The van der Waals surface area contributed by atoms with Crippen molar-refractivity contribution in [1.82, 2.24) is 0 Å². The Morgan fingerprint density at radius 2 is 2.00 bits per heavy atom. The second-order valence-corrected chi connectivity index (χ2v) is 7.21. The summed E-state index contributed by atoms with van der Waals surface area (Å²) in [5.41, 5.74) is 0. The van der Waals surface area contributed by atoms with Crippen molar-refractivity contribution in [3.8, 4) is 0 Å². The molecule has 1 aromatic carbocycles. The summed E-state index contributed by atoms with van der Waals surface area (Å²) >= 11 is 4.06. The Hall–Kier alpha value is -1.38. The van der Waals surface area contributed by atoms with E-state index in [2.05, 4.69) is 20.7 Å². The zero-order chi connectivity index (χ0) is 14.0. The fourth-order valence-electron chi connectivity index (χ4n) is 1.33. The van der Waals surface area contributed by atoms with Crippen molar-refractivity contribution in [2.75, 3.05) is 4.72 Å². The number of halogens is 1. The number of carbonyl (C=O) groups is 1. The Bertz CT molecular complexity index is 724. The maximum atomic E-state index is 12.1. The van der Waals surface area contributed by atoms with Gasteiger partial charge in [0.15, 0.2) is 0 Å². The van der Waals surface area contributed by atoms with Crippen LogP contribution in [0, 0.1) is 0 Å². The van der Waals surface area contributed by atoms with Crippen LogP contribution in [-0.2, 0) is 10.0 Å². The standard InChI is InChI=1S/C11H8BrNO4S2/c12-7-2-1-3-8(6-7)19(16,17)13-10-5-4-9(18-10)11(14)15/h1-6,13H,(H,14,15). The number of rotatable bonds is 4. The molecule has 0 aliphatic carbocycles. The third-order valence-electron chi connectivity index (χ3n) is 2.16. The van der Waals surface area contributed by atoms with Crippen LogP contribution in [0.1, 0.15) is 9.67 Å². The van der Waals surface area contributed by atoms with Gasteiger partial charge >= 0.3 is 5.97 Å². The van der Waals surface area contributed by atoms with Crippen molar-refractivity contribution < 1.29 is 18.3 Å². The normalized spacial score (nSPS) is 11.2. The predicted octanol–water partition coefficient (Wildman–Crippen LogP) is 3.01. The molecule has 1 aromatic heterocycles. The largest absolute Gasteiger partial charge is 0.477 e. The van der Waals surface area contributed by atoms with Crippen molar-refractivity contribution >= 4 is 48.3 Å². The molecule has 2 N–H and O–H groups in total. The summed E-state index contributed by atoms with van der Waals surface area (Å²) in [6, 6.07) is 9.02. The molecule has 2 aromatic rings. The number of nitrogens with one attached hydrogen (secondary N) is 1. The minimum atomic E-state index is -3.71. The second-order valence-electron chi connectivity index (χ2n) is 3.53. The van der Waals surface area contributed by atoms with Crippen LogP contribution in [-0.4, -0.2) is 19.5 Å². The van der Waals surface area contributed by atoms with Crippen LogP contribution < -0.4 is 4.72 Å². The van der Waals surface area contributed by atoms with E-state index in [1.807, 2.05) is 0 Å². The van der Waals surface area contributed by atoms with Gasteiger partial charge in [-0.15, -0.1) is 11.3 Å². The lowest BCUT2D eigenvalue weighted by molar-refractivity contribution is 0.0702. The predicted molar refractivity (Wildman–Crippen MR) is 76.2 cm³/mol. The highest BCUT2D eigenvalue weighted by Crippen LogP contribution is 2.25. The van der Waals surface area contributed by atoms with Gasteiger partial charge in [0.1, 0.15) is 9.88 Å². The monoisotopic (exact) mass is 361 g/mol. The highest BCUT2D eigenvalue weighted by atomic mass is 79.9. The van der Waals surface area contributed by atoms with E-state index in [9.17, 15) is 13.2 Å². The molecule has 1 heterocycles. The van der Waals surface area contributed by atoms with Crippen LogP contribution in [0.5, 0.6) is 0 Å². The summed E-state index contributed by atoms with van der Waals surface area (Å²) in [4.78, 5) is 10.9. The van der Waals surface area contributed by atoms with Gasteiger partial charge < -0.3 is 5.11 Å². The molecule has 0 bridgehead atoms. The SMILES string of the molecule is O=C(O)c1ccc(NS(=O)(=O)c2cccc(Br)c2)s1. The molecular formula is C11H8BrNO4S2. The summed E-state index contributed by atoms with van der Waals surface area (Å²) in [7, 11) is -3.71. The lowest BCUT2D eigenvalue weighted by Gasteiger charge is -2.05. The van der Waals surface area contributed by atoms with Crippen LogP contribution in [0.3, 0.4) is 0 Å². The van der Waals surface area contributed by atoms with Crippen LogP contribution in [0.15, 0.2) is 45.8 Å². The summed E-state index contributed by atoms with van der Waals surface area (Å²) in [5.74, 6) is -1.09. The number of benzene rings is 1. The van der Waals surface area contributed by atoms with Gasteiger partial charge in [-0.2, -0.15) is 0 Å². The first-order chi connectivity index (χ1) is 8.88. The van der Waals surface area contributed by atoms with E-state index in [1.165, 1.54) is 24.3 Å². The zero-order valence-corrected chi connectivity index (χ0v) is 12.5. The number of thiophene rings is 1. The fourth-order valence-corrected chi connectivity index (χ4v) is 3.97. The van der Waals surface area contributed by atoms with Gasteiger partial charge in [0.25, 0.3) is 10.0 Å². The van der Waals surface area contributed by atoms with Gasteiger partial charge in [0.05, 0.1) is 4.90 Å². The Labute approximate surface area is 122 Å². The maximum Gasteiger partial charge on any atom is 0.345 e. The van der Waals surface area contributed by atoms with Crippen LogP contribution >= 0.6 is 27.3 Å². The Morgan fingerprint density at radius 1 is 1.26 bits per heavy atom. The van der Waals surface area contributed by atoms with Crippen molar-refractivity contribution in [2.24, 2.45) is 0 Å². The molecule has 0 spiro atoms. The average molecular weight is 362 g/mol. The Morgan fingerprint density at radius 3 is 2.58 bits per heavy atom. The van der Waals surface area contributed by atoms with Crippen molar-refractivity contribution in [1.29, 1.82) is 0 Å². The van der Waals surface area contributed by atoms with Crippen molar-refractivity contribution in [3.63, 3.8) is 0 Å². The highest BCUT2D eigenvalue weighted by Gasteiger charge is 2.16. The second kappa shape index (κ2) is 5.32. The molecule has 5 nitrogen and oxygen atoms in total. The molecule has 0 radical (unpaired) electrons. The minimum absolute atomic E-state index is 0.0759. The number of aromatic carboxylic acids is 1. The quantitative estimate of drug-likeness (QED) is 0.876. The van der Waals surface area contributed by atoms with E-state index in [0.717, 1.165) is 11.3 Å². The van der Waals surface area contributed by atoms with Gasteiger partial charge in [0.2, 0.25) is 0 Å². The molecule has 19 heavy (non-hydrogen) atoms. The zero-order valence-electron chi connectivity index (χ0n) is 9.33. The topological polar surface area (TPSA) is 83.5 Å². The summed E-state index contributed by atoms with van der Waals surface area (Å²) in [5, 5.41) is 9.04. The van der Waals surface area contributed by atoms with Gasteiger partial charge in [-0.3, -0.25) is 4.72 Å². The molecular weight excluding hydrogens is 354 g/mol. The summed E-state index contributed by atoms with van der Waals surface area (Å²) in [6.07, 6.45) is 0. The third kappa shape index (κ3) is 3.34. The Kier molecular flexibility index (Phi) is 3.93. The van der Waals surface area contributed by atoms with Crippen LogP contribution in [0.2, 0.25) is 0 Å². The molecule has 0 unspecified atom stereocenters. The van der Waals surface area contributed by atoms with Gasteiger partial charge in [-0.1, -0.05) is 22.0 Å².